The zero-order chi connectivity index (χ0) is 10.1. The molecule has 1 aliphatic heterocycles. The van der Waals surface area contributed by atoms with E-state index in [1.807, 2.05) is 0 Å². The minimum atomic E-state index is 1.01. The standard InChI is InChI=1S/C13H24N2/c1-2-6-15(7-3-1)14-10-13-9-11-4-5-12(13)8-11/h11-14H,1-10H2. The maximum absolute atomic E-state index is 3.68. The van der Waals surface area contributed by atoms with Gasteiger partial charge in [0.15, 0.2) is 0 Å². The van der Waals surface area contributed by atoms with E-state index >= 15 is 0 Å². The van der Waals surface area contributed by atoms with Crippen LogP contribution in [0.25, 0.3) is 0 Å². The summed E-state index contributed by atoms with van der Waals surface area (Å²) in [6, 6.07) is 0. The third kappa shape index (κ3) is 2.21. The predicted molar refractivity (Wildman–Crippen MR) is 62.4 cm³/mol. The zero-order valence-electron chi connectivity index (χ0n) is 9.75. The summed E-state index contributed by atoms with van der Waals surface area (Å²) in [5.74, 6) is 3.18. The summed E-state index contributed by atoms with van der Waals surface area (Å²) in [6.07, 6.45) is 10.3. The van der Waals surface area contributed by atoms with E-state index in [0.29, 0.717) is 0 Å². The molecular weight excluding hydrogens is 184 g/mol. The number of hydrazine groups is 1. The zero-order valence-corrected chi connectivity index (χ0v) is 9.75. The smallest absolute Gasteiger partial charge is 0.0133 e. The molecule has 3 unspecified atom stereocenters. The monoisotopic (exact) mass is 208 g/mol. The maximum atomic E-state index is 3.68. The lowest BCUT2D eigenvalue weighted by molar-refractivity contribution is 0.133. The Morgan fingerprint density at radius 2 is 1.87 bits per heavy atom. The van der Waals surface area contributed by atoms with Crippen molar-refractivity contribution >= 4 is 0 Å². The second-order valence-electron chi connectivity index (χ2n) is 5.84. The molecule has 3 aliphatic rings. The van der Waals surface area contributed by atoms with E-state index in [-0.39, 0.29) is 0 Å². The highest BCUT2D eigenvalue weighted by molar-refractivity contribution is 4.90. The second-order valence-corrected chi connectivity index (χ2v) is 5.84. The Kier molecular flexibility index (Phi) is 2.98. The van der Waals surface area contributed by atoms with E-state index in [4.69, 9.17) is 0 Å². The summed E-state index contributed by atoms with van der Waals surface area (Å²) in [4.78, 5) is 0. The summed E-state index contributed by atoms with van der Waals surface area (Å²) in [5, 5.41) is 2.47. The van der Waals surface area contributed by atoms with E-state index in [9.17, 15) is 0 Å². The molecule has 0 radical (unpaired) electrons. The van der Waals surface area contributed by atoms with Gasteiger partial charge < -0.3 is 0 Å². The second kappa shape index (κ2) is 4.42. The molecule has 3 rings (SSSR count). The highest BCUT2D eigenvalue weighted by Gasteiger charge is 2.39. The molecule has 15 heavy (non-hydrogen) atoms. The van der Waals surface area contributed by atoms with Crippen molar-refractivity contribution in [1.29, 1.82) is 0 Å². The van der Waals surface area contributed by atoms with Gasteiger partial charge in [0.25, 0.3) is 0 Å². The lowest BCUT2D eigenvalue weighted by Crippen LogP contribution is -2.44. The minimum Gasteiger partial charge on any atom is -0.255 e. The molecule has 0 aromatic rings. The van der Waals surface area contributed by atoms with Crippen LogP contribution < -0.4 is 5.43 Å². The van der Waals surface area contributed by atoms with Gasteiger partial charge in [-0.3, -0.25) is 5.43 Å². The molecule has 1 N–H and O–H groups in total. The van der Waals surface area contributed by atoms with Crippen LogP contribution in [0.4, 0.5) is 0 Å². The highest BCUT2D eigenvalue weighted by Crippen LogP contribution is 2.47. The molecule has 1 saturated heterocycles. The Morgan fingerprint density at radius 1 is 1.00 bits per heavy atom. The van der Waals surface area contributed by atoms with Gasteiger partial charge in [-0.15, -0.1) is 0 Å². The highest BCUT2D eigenvalue weighted by atomic mass is 15.5. The molecule has 3 fully saturated rings. The summed E-state index contributed by atoms with van der Waals surface area (Å²) in [6.45, 7) is 3.82. The van der Waals surface area contributed by atoms with Gasteiger partial charge in [0, 0.05) is 19.6 Å². The van der Waals surface area contributed by atoms with Gasteiger partial charge in [0.05, 0.1) is 0 Å². The van der Waals surface area contributed by atoms with Crippen molar-refractivity contribution in [3.8, 4) is 0 Å². The van der Waals surface area contributed by atoms with Crippen LogP contribution in [0.5, 0.6) is 0 Å². The number of fused-ring (bicyclic) bond motifs is 2. The van der Waals surface area contributed by atoms with Crippen molar-refractivity contribution in [3.05, 3.63) is 0 Å². The van der Waals surface area contributed by atoms with Gasteiger partial charge in [-0.2, -0.15) is 0 Å². The first-order valence-electron chi connectivity index (χ1n) is 6.90. The lowest BCUT2D eigenvalue weighted by atomic mass is 9.89. The Bertz CT molecular complexity index is 211. The summed E-state index contributed by atoms with van der Waals surface area (Å²) < 4.78 is 0. The Hall–Kier alpha value is -0.0800. The minimum absolute atomic E-state index is 1.01. The quantitative estimate of drug-likeness (QED) is 0.766. The van der Waals surface area contributed by atoms with E-state index < -0.39 is 0 Å². The van der Waals surface area contributed by atoms with Crippen LogP contribution in [0.3, 0.4) is 0 Å². The van der Waals surface area contributed by atoms with Crippen molar-refractivity contribution in [2.24, 2.45) is 17.8 Å². The molecule has 86 valence electrons. The Morgan fingerprint density at radius 3 is 2.53 bits per heavy atom. The Balaban J connectivity index is 1.42. The number of rotatable bonds is 3. The maximum Gasteiger partial charge on any atom is 0.0133 e. The van der Waals surface area contributed by atoms with E-state index in [2.05, 4.69) is 10.4 Å². The Labute approximate surface area is 93.4 Å². The van der Waals surface area contributed by atoms with Crippen molar-refractivity contribution < 1.29 is 0 Å². The van der Waals surface area contributed by atoms with Gasteiger partial charge in [0.2, 0.25) is 0 Å². The molecule has 2 aliphatic carbocycles. The third-order valence-corrected chi connectivity index (χ3v) is 4.82. The summed E-state index contributed by atoms with van der Waals surface area (Å²) >= 11 is 0. The summed E-state index contributed by atoms with van der Waals surface area (Å²) in [7, 11) is 0. The van der Waals surface area contributed by atoms with Crippen LogP contribution in [0, 0.1) is 17.8 Å². The van der Waals surface area contributed by atoms with Crippen LogP contribution in [0.1, 0.15) is 44.9 Å². The fourth-order valence-electron chi connectivity index (χ4n) is 3.92. The molecule has 0 aromatic heterocycles. The number of nitrogens with zero attached hydrogens (tertiary/aromatic N) is 1. The predicted octanol–water partition coefficient (Wildman–Crippen LogP) is 2.41. The van der Waals surface area contributed by atoms with E-state index in [0.717, 1.165) is 17.8 Å². The van der Waals surface area contributed by atoms with E-state index in [1.165, 1.54) is 58.2 Å². The van der Waals surface area contributed by atoms with Crippen LogP contribution in [-0.4, -0.2) is 24.6 Å². The number of hydrogen-bond donors (Lipinski definition) is 1. The largest absolute Gasteiger partial charge is 0.255 e. The molecule has 2 heteroatoms. The lowest BCUT2D eigenvalue weighted by Gasteiger charge is -2.30. The van der Waals surface area contributed by atoms with Crippen LogP contribution in [0.15, 0.2) is 0 Å². The number of hydrogen-bond acceptors (Lipinski definition) is 2. The first kappa shape index (κ1) is 10.1. The van der Waals surface area contributed by atoms with Gasteiger partial charge >= 0.3 is 0 Å². The topological polar surface area (TPSA) is 15.3 Å². The average molecular weight is 208 g/mol. The molecule has 3 atom stereocenters. The first-order chi connectivity index (χ1) is 7.42. The molecule has 1 heterocycles. The fourth-order valence-corrected chi connectivity index (χ4v) is 3.92. The SMILES string of the molecule is C1CCN(NCC2CC3CCC2C3)CC1. The van der Waals surface area contributed by atoms with E-state index in [1.54, 1.807) is 6.42 Å². The van der Waals surface area contributed by atoms with Crippen LogP contribution in [-0.2, 0) is 0 Å². The number of nitrogens with one attached hydrogen (secondary N) is 1. The van der Waals surface area contributed by atoms with Crippen LogP contribution in [0.2, 0.25) is 0 Å². The van der Waals surface area contributed by atoms with Crippen LogP contribution >= 0.6 is 0 Å². The van der Waals surface area contributed by atoms with Crippen molar-refractivity contribution in [2.45, 2.75) is 44.9 Å². The summed E-state index contributed by atoms with van der Waals surface area (Å²) in [5.41, 5.74) is 3.68. The van der Waals surface area contributed by atoms with Crippen molar-refractivity contribution in [1.82, 2.24) is 10.4 Å². The van der Waals surface area contributed by atoms with Crippen molar-refractivity contribution in [3.63, 3.8) is 0 Å². The van der Waals surface area contributed by atoms with Gasteiger partial charge in [0.1, 0.15) is 0 Å². The number of piperidine rings is 1. The molecule has 2 saturated carbocycles. The molecule has 0 spiro atoms. The normalized spacial score (nSPS) is 41.2. The van der Waals surface area contributed by atoms with Crippen molar-refractivity contribution in [2.75, 3.05) is 19.6 Å². The molecule has 0 amide bonds. The fraction of sp³-hybridized carbons (Fsp3) is 1.00. The van der Waals surface area contributed by atoms with Gasteiger partial charge in [-0.1, -0.05) is 12.8 Å². The molecule has 2 bridgehead atoms. The first-order valence-corrected chi connectivity index (χ1v) is 6.90. The molecule has 2 nitrogen and oxygen atoms in total. The average Bonchev–Trinajstić information content (AvgIpc) is 2.89. The van der Waals surface area contributed by atoms with Gasteiger partial charge in [-0.05, 0) is 49.9 Å². The third-order valence-electron chi connectivity index (χ3n) is 4.82. The molecular formula is C13H24N2. The molecule has 0 aromatic carbocycles. The van der Waals surface area contributed by atoms with Gasteiger partial charge in [-0.25, -0.2) is 5.01 Å².